The first-order valence-electron chi connectivity index (χ1n) is 9.11. The molecule has 5 heteroatoms. The first-order chi connectivity index (χ1) is 12.5. The quantitative estimate of drug-likeness (QED) is 0.897. The molecule has 1 heterocycles. The summed E-state index contributed by atoms with van der Waals surface area (Å²) in [5.74, 6) is 0.444. The Labute approximate surface area is 155 Å². The smallest absolute Gasteiger partial charge is 0.239 e. The number of carbonyl (C=O) groups is 1. The highest BCUT2D eigenvalue weighted by Gasteiger charge is 2.27. The molecule has 2 aromatic rings. The van der Waals surface area contributed by atoms with Crippen molar-refractivity contribution in [1.29, 1.82) is 0 Å². The predicted molar refractivity (Wildman–Crippen MR) is 104 cm³/mol. The number of anilines is 1. The number of phenols is 1. The number of piperazine rings is 1. The largest absolute Gasteiger partial charge is 0.508 e. The van der Waals surface area contributed by atoms with Crippen LogP contribution in [0.15, 0.2) is 54.6 Å². The predicted octanol–water partition coefficient (Wildman–Crippen LogP) is 2.56. The highest BCUT2D eigenvalue weighted by Crippen LogP contribution is 2.20. The van der Waals surface area contributed by atoms with E-state index in [1.165, 1.54) is 0 Å². The van der Waals surface area contributed by atoms with Gasteiger partial charge in [-0.1, -0.05) is 30.3 Å². The molecule has 0 saturated carbocycles. The van der Waals surface area contributed by atoms with Gasteiger partial charge in [-0.05, 0) is 36.8 Å². The molecule has 0 radical (unpaired) electrons. The van der Waals surface area contributed by atoms with Crippen LogP contribution < -0.4 is 4.90 Å². The summed E-state index contributed by atoms with van der Waals surface area (Å²) in [5.41, 5.74) is 2.26. The van der Waals surface area contributed by atoms with Crippen LogP contribution in [0, 0.1) is 0 Å². The van der Waals surface area contributed by atoms with Crippen molar-refractivity contribution in [3.8, 4) is 5.75 Å². The van der Waals surface area contributed by atoms with Crippen LogP contribution in [-0.4, -0.2) is 60.1 Å². The van der Waals surface area contributed by atoms with Crippen LogP contribution in [0.25, 0.3) is 0 Å². The first-order valence-corrected chi connectivity index (χ1v) is 9.11. The van der Waals surface area contributed by atoms with Crippen molar-refractivity contribution < 1.29 is 9.90 Å². The molecular weight excluding hydrogens is 326 g/mol. The number of hydrogen-bond acceptors (Lipinski definition) is 4. The molecule has 5 nitrogen and oxygen atoms in total. The lowest BCUT2D eigenvalue weighted by molar-refractivity contribution is -0.135. The van der Waals surface area contributed by atoms with E-state index < -0.39 is 0 Å². The van der Waals surface area contributed by atoms with Gasteiger partial charge in [-0.15, -0.1) is 0 Å². The molecule has 1 amide bonds. The minimum atomic E-state index is -0.120. The summed E-state index contributed by atoms with van der Waals surface area (Å²) in [6.45, 7) is 6.10. The third kappa shape index (κ3) is 4.35. The molecule has 0 unspecified atom stereocenters. The van der Waals surface area contributed by atoms with Crippen molar-refractivity contribution in [2.45, 2.75) is 19.5 Å². The average Bonchev–Trinajstić information content (AvgIpc) is 2.68. The molecule has 0 aromatic heterocycles. The lowest BCUT2D eigenvalue weighted by atomic mass is 10.1. The van der Waals surface area contributed by atoms with Crippen LogP contribution in [0.1, 0.15) is 12.5 Å². The molecule has 1 saturated heterocycles. The van der Waals surface area contributed by atoms with Crippen molar-refractivity contribution in [2.24, 2.45) is 0 Å². The fourth-order valence-corrected chi connectivity index (χ4v) is 3.44. The molecule has 2 aromatic carbocycles. The van der Waals surface area contributed by atoms with Gasteiger partial charge in [0.25, 0.3) is 0 Å². The van der Waals surface area contributed by atoms with Crippen LogP contribution in [0.2, 0.25) is 0 Å². The van der Waals surface area contributed by atoms with E-state index in [0.717, 1.165) is 37.4 Å². The van der Waals surface area contributed by atoms with Gasteiger partial charge in [-0.25, -0.2) is 0 Å². The van der Waals surface area contributed by atoms with Gasteiger partial charge in [0.1, 0.15) is 5.75 Å². The van der Waals surface area contributed by atoms with Crippen molar-refractivity contribution in [3.05, 3.63) is 60.2 Å². The second-order valence-electron chi connectivity index (χ2n) is 6.90. The molecule has 0 aliphatic carbocycles. The van der Waals surface area contributed by atoms with Crippen LogP contribution in [0.5, 0.6) is 5.75 Å². The highest BCUT2D eigenvalue weighted by atomic mass is 16.3. The number of rotatable bonds is 5. The van der Waals surface area contributed by atoms with Gasteiger partial charge in [0.15, 0.2) is 0 Å². The number of nitrogens with zero attached hydrogens (tertiary/aromatic N) is 3. The van der Waals surface area contributed by atoms with Crippen molar-refractivity contribution in [3.63, 3.8) is 0 Å². The number of aromatic hydroxyl groups is 1. The summed E-state index contributed by atoms with van der Waals surface area (Å²) in [7, 11) is 1.87. The summed E-state index contributed by atoms with van der Waals surface area (Å²) in [5, 5.41) is 9.42. The first kappa shape index (κ1) is 18.3. The number of benzene rings is 2. The number of likely N-dealkylation sites (N-methyl/N-ethyl adjacent to an activating group) is 1. The number of phenolic OH excluding ortho intramolecular Hbond substituents is 1. The van der Waals surface area contributed by atoms with E-state index in [4.69, 9.17) is 0 Å². The highest BCUT2D eigenvalue weighted by molar-refractivity contribution is 5.81. The van der Waals surface area contributed by atoms with Crippen LogP contribution in [0.3, 0.4) is 0 Å². The summed E-state index contributed by atoms with van der Waals surface area (Å²) in [4.78, 5) is 19.1. The Balaban J connectivity index is 1.53. The normalized spacial score (nSPS) is 16.3. The van der Waals surface area contributed by atoms with E-state index in [9.17, 15) is 9.90 Å². The maximum absolute atomic E-state index is 12.8. The molecule has 1 N–H and O–H groups in total. The summed E-state index contributed by atoms with van der Waals surface area (Å²) in [6, 6.07) is 17.3. The minimum Gasteiger partial charge on any atom is -0.508 e. The SMILES string of the molecule is C[C@@H](C(=O)N(C)Cc1ccccc1)N1CCN(c2ccc(O)cc2)CC1. The lowest BCUT2D eigenvalue weighted by Gasteiger charge is -2.39. The van der Waals surface area contributed by atoms with Crippen LogP contribution in [-0.2, 0) is 11.3 Å². The Bertz CT molecular complexity index is 710. The third-order valence-electron chi connectivity index (χ3n) is 5.07. The number of hydrogen-bond donors (Lipinski definition) is 1. The number of carbonyl (C=O) groups excluding carboxylic acids is 1. The van der Waals surface area contributed by atoms with Gasteiger partial charge in [-0.3, -0.25) is 9.69 Å². The van der Waals surface area contributed by atoms with Gasteiger partial charge >= 0.3 is 0 Å². The monoisotopic (exact) mass is 353 g/mol. The summed E-state index contributed by atoms with van der Waals surface area (Å²) < 4.78 is 0. The van der Waals surface area contributed by atoms with Crippen molar-refractivity contribution >= 4 is 11.6 Å². The van der Waals surface area contributed by atoms with Gasteiger partial charge in [-0.2, -0.15) is 0 Å². The average molecular weight is 353 g/mol. The van der Waals surface area contributed by atoms with Gasteiger partial charge in [0.2, 0.25) is 5.91 Å². The van der Waals surface area contributed by atoms with Crippen LogP contribution in [0.4, 0.5) is 5.69 Å². The minimum absolute atomic E-state index is 0.120. The maximum atomic E-state index is 12.8. The van der Waals surface area contributed by atoms with Gasteiger partial charge in [0.05, 0.1) is 6.04 Å². The van der Waals surface area contributed by atoms with E-state index in [1.54, 1.807) is 12.1 Å². The zero-order valence-corrected chi connectivity index (χ0v) is 15.5. The maximum Gasteiger partial charge on any atom is 0.239 e. The van der Waals surface area contributed by atoms with E-state index in [-0.39, 0.29) is 17.7 Å². The second kappa shape index (κ2) is 8.23. The standard InChI is InChI=1S/C21H27N3O2/c1-17(21(26)22(2)16-18-6-4-3-5-7-18)23-12-14-24(15-13-23)19-8-10-20(25)11-9-19/h3-11,17,25H,12-16H2,1-2H3/t17-/m0/s1. The molecule has 0 bridgehead atoms. The third-order valence-corrected chi connectivity index (χ3v) is 5.07. The Hall–Kier alpha value is -2.53. The topological polar surface area (TPSA) is 47.0 Å². The molecule has 1 fully saturated rings. The Morgan fingerprint density at radius 2 is 1.65 bits per heavy atom. The Morgan fingerprint density at radius 3 is 2.27 bits per heavy atom. The van der Waals surface area contributed by atoms with Gasteiger partial charge in [0, 0.05) is 45.5 Å². The zero-order chi connectivity index (χ0) is 18.5. The second-order valence-corrected chi connectivity index (χ2v) is 6.90. The molecule has 0 spiro atoms. The lowest BCUT2D eigenvalue weighted by Crippen LogP contribution is -2.54. The molecule has 138 valence electrons. The Morgan fingerprint density at radius 1 is 1.04 bits per heavy atom. The molecule has 3 rings (SSSR count). The molecule has 1 aliphatic heterocycles. The van der Waals surface area contributed by atoms with E-state index in [2.05, 4.69) is 9.80 Å². The molecular formula is C21H27N3O2. The summed E-state index contributed by atoms with van der Waals surface area (Å²) in [6.07, 6.45) is 0. The van der Waals surface area contributed by atoms with E-state index in [0.29, 0.717) is 6.54 Å². The summed E-state index contributed by atoms with van der Waals surface area (Å²) >= 11 is 0. The Kier molecular flexibility index (Phi) is 5.78. The van der Waals surface area contributed by atoms with Crippen LogP contribution >= 0.6 is 0 Å². The van der Waals surface area contributed by atoms with Crippen molar-refractivity contribution in [1.82, 2.24) is 9.80 Å². The fraction of sp³-hybridized carbons (Fsp3) is 0.381. The van der Waals surface area contributed by atoms with E-state index >= 15 is 0 Å². The van der Waals surface area contributed by atoms with Gasteiger partial charge < -0.3 is 14.9 Å². The fourth-order valence-electron chi connectivity index (χ4n) is 3.44. The molecule has 1 atom stereocenters. The zero-order valence-electron chi connectivity index (χ0n) is 15.5. The van der Waals surface area contributed by atoms with Crippen molar-refractivity contribution in [2.75, 3.05) is 38.1 Å². The van der Waals surface area contributed by atoms with E-state index in [1.807, 2.05) is 61.3 Å². The number of amides is 1. The molecule has 1 aliphatic rings. The molecule has 26 heavy (non-hydrogen) atoms.